The molecule has 238 valence electrons. The van der Waals surface area contributed by atoms with Gasteiger partial charge >= 0.3 is 0 Å². The molecule has 0 atom stereocenters. The van der Waals surface area contributed by atoms with E-state index < -0.39 is 0 Å². The molecule has 0 bridgehead atoms. The van der Waals surface area contributed by atoms with E-state index in [1.165, 1.54) is 92.8 Å². The van der Waals surface area contributed by atoms with E-state index in [9.17, 15) is 0 Å². The normalized spacial score (nSPS) is 11.6. The molecule has 8 aromatic carbocycles. The highest BCUT2D eigenvalue weighted by atomic mass is 15.1. The molecule has 0 saturated carbocycles. The second-order valence-electron chi connectivity index (χ2n) is 14.5. The van der Waals surface area contributed by atoms with Crippen LogP contribution in [0, 0.1) is 0 Å². The monoisotopic (exact) mass is 656 g/mol. The molecule has 0 N–H and O–H groups in total. The Kier molecular flexibility index (Phi) is 7.66. The number of rotatable bonds is 4. The fourth-order valence-electron chi connectivity index (χ4n) is 8.96. The van der Waals surface area contributed by atoms with Crippen molar-refractivity contribution in [3.05, 3.63) is 127 Å². The van der Waals surface area contributed by atoms with Gasteiger partial charge in [-0.25, -0.2) is 4.98 Å². The number of hydrogen-bond acceptors (Lipinski definition) is 1. The lowest BCUT2D eigenvalue weighted by Gasteiger charge is -2.26. The molecule has 9 rings (SSSR count). The summed E-state index contributed by atoms with van der Waals surface area (Å²) >= 11 is 0. The summed E-state index contributed by atoms with van der Waals surface area (Å²) in [5, 5.41) is 7.94. The van der Waals surface area contributed by atoms with Gasteiger partial charge in [-0.3, -0.25) is 4.57 Å². The van der Waals surface area contributed by atoms with Crippen LogP contribution in [-0.2, 0) is 0 Å². The van der Waals surface area contributed by atoms with E-state index in [4.69, 9.17) is 4.98 Å². The standard InChI is InChI=1S/C43H35B7N2/c44-36-33(37(45)38(46)35-34(36)39(47)41(49)42(50)40(35)48)32-27-14-6-4-12-25(27)31(26-13-5-7-15-28(26)32)22-18-20-23(21-19-22)43-51-29-16-8-9-17-30(29)52(43)24-10-2-1-3-11-24/h1-21H,44-50H2. The summed E-state index contributed by atoms with van der Waals surface area (Å²) in [7, 11) is 16.2. The van der Waals surface area contributed by atoms with Crippen LogP contribution in [0.15, 0.2) is 127 Å². The minimum absolute atomic E-state index is 0.942. The molecule has 1 aromatic heterocycles. The third-order valence-corrected chi connectivity index (χ3v) is 11.9. The van der Waals surface area contributed by atoms with Gasteiger partial charge in [-0.15, -0.1) is 10.9 Å². The zero-order chi connectivity index (χ0) is 35.8. The molecule has 0 radical (unpaired) electrons. The number of benzene rings is 8. The maximum atomic E-state index is 5.14. The summed E-state index contributed by atoms with van der Waals surface area (Å²) in [6.07, 6.45) is 0. The van der Waals surface area contributed by atoms with Gasteiger partial charge in [0.25, 0.3) is 0 Å². The van der Waals surface area contributed by atoms with Crippen molar-refractivity contribution in [2.24, 2.45) is 0 Å². The lowest BCUT2D eigenvalue weighted by Crippen LogP contribution is -2.52. The van der Waals surface area contributed by atoms with E-state index >= 15 is 0 Å². The van der Waals surface area contributed by atoms with Gasteiger partial charge in [-0.05, 0) is 78.8 Å². The average Bonchev–Trinajstić information content (AvgIpc) is 3.57. The van der Waals surface area contributed by atoms with Crippen LogP contribution in [-0.4, -0.2) is 64.5 Å². The zero-order valence-corrected chi connectivity index (χ0v) is 31.0. The second-order valence-corrected chi connectivity index (χ2v) is 14.5. The summed E-state index contributed by atoms with van der Waals surface area (Å²) in [5.74, 6) is 0.942. The topological polar surface area (TPSA) is 17.8 Å². The van der Waals surface area contributed by atoms with E-state index in [0.29, 0.717) is 0 Å². The summed E-state index contributed by atoms with van der Waals surface area (Å²) in [5.41, 5.74) is 19.2. The summed E-state index contributed by atoms with van der Waals surface area (Å²) < 4.78 is 2.27. The fraction of sp³-hybridized carbons (Fsp3) is 0. The first-order chi connectivity index (χ1) is 25.3. The largest absolute Gasteiger partial charge is 0.292 e. The van der Waals surface area contributed by atoms with Gasteiger partial charge in [-0.1, -0.05) is 130 Å². The Morgan fingerprint density at radius 1 is 0.365 bits per heavy atom. The molecule has 2 nitrogen and oxygen atoms in total. The predicted molar refractivity (Wildman–Crippen MR) is 247 cm³/mol. The van der Waals surface area contributed by atoms with Crippen LogP contribution in [0.3, 0.4) is 0 Å². The third kappa shape index (κ3) is 4.72. The van der Waals surface area contributed by atoms with Gasteiger partial charge < -0.3 is 0 Å². The lowest BCUT2D eigenvalue weighted by molar-refractivity contribution is 1.10. The number of hydrogen-bond donors (Lipinski definition) is 0. The van der Waals surface area contributed by atoms with Crippen LogP contribution in [0.25, 0.3) is 82.7 Å². The maximum Gasteiger partial charge on any atom is 0.145 e. The lowest BCUT2D eigenvalue weighted by atomic mass is 9.58. The molecule has 0 amide bonds. The van der Waals surface area contributed by atoms with Crippen molar-refractivity contribution in [1.82, 2.24) is 9.55 Å². The molecule has 9 aromatic rings. The summed E-state index contributed by atoms with van der Waals surface area (Å²) in [6, 6.07) is 46.0. The number of para-hydroxylation sites is 3. The van der Waals surface area contributed by atoms with Crippen LogP contribution in [0.1, 0.15) is 0 Å². The molecule has 0 aliphatic carbocycles. The van der Waals surface area contributed by atoms with Gasteiger partial charge in [0.1, 0.15) is 60.7 Å². The molecular weight excluding hydrogens is 620 g/mol. The fourth-order valence-corrected chi connectivity index (χ4v) is 8.96. The number of nitrogens with zero attached hydrogens (tertiary/aromatic N) is 2. The molecule has 0 fully saturated rings. The van der Waals surface area contributed by atoms with Crippen molar-refractivity contribution in [2.75, 3.05) is 0 Å². The first-order valence-corrected chi connectivity index (χ1v) is 18.3. The first kappa shape index (κ1) is 32.4. The zero-order valence-electron chi connectivity index (χ0n) is 31.0. The highest BCUT2D eigenvalue weighted by molar-refractivity contribution is 6.72. The first-order valence-electron chi connectivity index (χ1n) is 18.3. The summed E-state index contributed by atoms with van der Waals surface area (Å²) in [4.78, 5) is 5.14. The molecule has 9 heteroatoms. The van der Waals surface area contributed by atoms with Gasteiger partial charge in [0, 0.05) is 11.3 Å². The second kappa shape index (κ2) is 12.3. The van der Waals surface area contributed by atoms with Crippen molar-refractivity contribution >= 4 is 137 Å². The molecule has 0 spiro atoms. The minimum atomic E-state index is 0.942. The maximum absolute atomic E-state index is 5.14. The van der Waals surface area contributed by atoms with Gasteiger partial charge in [0.15, 0.2) is 0 Å². The third-order valence-electron chi connectivity index (χ3n) is 11.9. The number of aromatic nitrogens is 2. The predicted octanol–water partition coefficient (Wildman–Crippen LogP) is -0.705. The molecule has 0 aliphatic rings. The molecular formula is C43H35B7N2. The number of imidazole rings is 1. The quantitative estimate of drug-likeness (QED) is 0.181. The van der Waals surface area contributed by atoms with Gasteiger partial charge in [-0.2, -0.15) is 0 Å². The smallest absolute Gasteiger partial charge is 0.145 e. The van der Waals surface area contributed by atoms with Crippen molar-refractivity contribution in [3.63, 3.8) is 0 Å². The van der Waals surface area contributed by atoms with Crippen LogP contribution in [0.2, 0.25) is 0 Å². The van der Waals surface area contributed by atoms with Crippen molar-refractivity contribution < 1.29 is 0 Å². The minimum Gasteiger partial charge on any atom is -0.292 e. The average molecular weight is 655 g/mol. The Labute approximate surface area is 311 Å². The molecule has 52 heavy (non-hydrogen) atoms. The van der Waals surface area contributed by atoms with E-state index in [1.807, 2.05) is 0 Å². The highest BCUT2D eigenvalue weighted by Gasteiger charge is 2.23. The highest BCUT2D eigenvalue weighted by Crippen LogP contribution is 2.43. The van der Waals surface area contributed by atoms with E-state index in [-0.39, 0.29) is 0 Å². The number of fused-ring (bicyclic) bond motifs is 4. The Morgan fingerprint density at radius 2 is 0.827 bits per heavy atom. The van der Waals surface area contributed by atoms with Crippen molar-refractivity contribution in [2.45, 2.75) is 0 Å². The Bertz CT molecular complexity index is 2860. The van der Waals surface area contributed by atoms with Crippen LogP contribution in [0.4, 0.5) is 0 Å². The molecule has 0 unspecified atom stereocenters. The van der Waals surface area contributed by atoms with Crippen molar-refractivity contribution in [1.29, 1.82) is 0 Å². The Hall–Kier alpha value is -5.54. The van der Waals surface area contributed by atoms with Crippen LogP contribution < -0.4 is 38.2 Å². The Balaban J connectivity index is 1.29. The Morgan fingerprint density at radius 3 is 1.42 bits per heavy atom. The molecule has 0 aliphatic heterocycles. The van der Waals surface area contributed by atoms with Crippen LogP contribution in [0.5, 0.6) is 0 Å². The summed E-state index contributed by atoms with van der Waals surface area (Å²) in [6.45, 7) is 0. The van der Waals surface area contributed by atoms with E-state index in [2.05, 4.69) is 187 Å². The SMILES string of the molecule is Bc1c(B)c(B)c2c(B)c(-c3c4ccccc4c(-c4ccc(-c5nc6ccccc6n5-c5ccccc5)cc4)c4ccccc34)c(B)c(B)c2c1B. The van der Waals surface area contributed by atoms with Crippen molar-refractivity contribution in [3.8, 4) is 39.3 Å². The van der Waals surface area contributed by atoms with E-state index in [1.54, 1.807) is 0 Å². The van der Waals surface area contributed by atoms with Crippen LogP contribution >= 0.6 is 0 Å². The molecule has 1 heterocycles. The van der Waals surface area contributed by atoms with Gasteiger partial charge in [0.2, 0.25) is 0 Å². The van der Waals surface area contributed by atoms with E-state index in [0.717, 1.165) is 28.1 Å². The van der Waals surface area contributed by atoms with Gasteiger partial charge in [0.05, 0.1) is 11.0 Å². The molecule has 0 saturated heterocycles.